The number of carbonyl (C=O) groups is 1. The molecule has 0 bridgehead atoms. The highest BCUT2D eigenvalue weighted by Gasteiger charge is 2.14. The third-order valence-electron chi connectivity index (χ3n) is 2.38. The van der Waals surface area contributed by atoms with Crippen LogP contribution in [0, 0.1) is 13.8 Å². The van der Waals surface area contributed by atoms with Crippen molar-refractivity contribution >= 4 is 23.4 Å². The average Bonchev–Trinajstić information content (AvgIpc) is 2.20. The Kier molecular flexibility index (Phi) is 4.63. The van der Waals surface area contributed by atoms with Gasteiger partial charge in [0.1, 0.15) is 0 Å². The normalized spacial score (nSPS) is 11.4. The highest BCUT2D eigenvalue weighted by molar-refractivity contribution is 8.01. The molecule has 1 aromatic rings. The van der Waals surface area contributed by atoms with Crippen molar-refractivity contribution in [1.29, 1.82) is 0 Å². The van der Waals surface area contributed by atoms with Gasteiger partial charge in [0.25, 0.3) is 0 Å². The van der Waals surface area contributed by atoms with Gasteiger partial charge in [0.05, 0.1) is 5.75 Å². The molecule has 17 heavy (non-hydrogen) atoms. The Hall–Kier alpha value is -0.960. The highest BCUT2D eigenvalue weighted by atomic mass is 32.2. The van der Waals surface area contributed by atoms with Gasteiger partial charge in [-0.2, -0.15) is 0 Å². The molecule has 0 aliphatic heterocycles. The standard InChI is InChI=1S/C14H21NOS/c1-10-7-6-8-11(2)13(10)15-12(16)9-17-14(3,4)5/h6-8H,9H2,1-5H3,(H,15,16). The quantitative estimate of drug-likeness (QED) is 0.886. The van der Waals surface area contributed by atoms with E-state index >= 15 is 0 Å². The maximum Gasteiger partial charge on any atom is 0.234 e. The van der Waals surface area contributed by atoms with Gasteiger partial charge in [0.2, 0.25) is 5.91 Å². The van der Waals surface area contributed by atoms with E-state index in [0.29, 0.717) is 5.75 Å². The second kappa shape index (κ2) is 5.58. The molecule has 0 radical (unpaired) electrons. The van der Waals surface area contributed by atoms with Gasteiger partial charge in [0.15, 0.2) is 0 Å². The molecule has 0 spiro atoms. The van der Waals surface area contributed by atoms with Gasteiger partial charge in [-0.3, -0.25) is 4.79 Å². The molecule has 0 unspecified atom stereocenters. The largest absolute Gasteiger partial charge is 0.325 e. The van der Waals surface area contributed by atoms with E-state index in [-0.39, 0.29) is 10.7 Å². The molecule has 3 heteroatoms. The zero-order valence-electron chi connectivity index (χ0n) is 11.3. The fraction of sp³-hybridized carbons (Fsp3) is 0.500. The third-order valence-corrected chi connectivity index (χ3v) is 3.65. The number of amides is 1. The van der Waals surface area contributed by atoms with Gasteiger partial charge in [-0.25, -0.2) is 0 Å². The third kappa shape index (κ3) is 4.82. The summed E-state index contributed by atoms with van der Waals surface area (Å²) in [5, 5.41) is 2.99. The summed E-state index contributed by atoms with van der Waals surface area (Å²) in [5.41, 5.74) is 3.17. The number of rotatable bonds is 3. The van der Waals surface area contributed by atoms with E-state index in [4.69, 9.17) is 0 Å². The number of para-hydroxylation sites is 1. The molecule has 0 atom stereocenters. The molecular weight excluding hydrogens is 230 g/mol. The van der Waals surface area contributed by atoms with E-state index in [0.717, 1.165) is 16.8 Å². The van der Waals surface area contributed by atoms with E-state index in [1.54, 1.807) is 11.8 Å². The number of anilines is 1. The molecule has 0 fully saturated rings. The van der Waals surface area contributed by atoms with Crippen LogP contribution in [0.25, 0.3) is 0 Å². The lowest BCUT2D eigenvalue weighted by atomic mass is 10.1. The van der Waals surface area contributed by atoms with Crippen molar-refractivity contribution in [3.8, 4) is 0 Å². The number of thioether (sulfide) groups is 1. The van der Waals surface area contributed by atoms with E-state index in [2.05, 4.69) is 26.1 Å². The van der Waals surface area contributed by atoms with Crippen molar-refractivity contribution in [3.05, 3.63) is 29.3 Å². The van der Waals surface area contributed by atoms with Crippen LogP contribution in [-0.4, -0.2) is 16.4 Å². The summed E-state index contributed by atoms with van der Waals surface area (Å²) >= 11 is 1.66. The smallest absolute Gasteiger partial charge is 0.234 e. The number of hydrogen-bond acceptors (Lipinski definition) is 2. The van der Waals surface area contributed by atoms with Crippen molar-refractivity contribution in [3.63, 3.8) is 0 Å². The molecule has 2 nitrogen and oxygen atoms in total. The number of benzene rings is 1. The Labute approximate surface area is 108 Å². The summed E-state index contributed by atoms with van der Waals surface area (Å²) < 4.78 is 0.123. The first-order valence-electron chi connectivity index (χ1n) is 5.79. The summed E-state index contributed by atoms with van der Waals surface area (Å²) in [6, 6.07) is 6.03. The van der Waals surface area contributed by atoms with Crippen molar-refractivity contribution in [2.24, 2.45) is 0 Å². The fourth-order valence-electron chi connectivity index (χ4n) is 1.47. The van der Waals surface area contributed by atoms with Crippen molar-refractivity contribution < 1.29 is 4.79 Å². The Morgan fingerprint density at radius 3 is 2.24 bits per heavy atom. The number of aryl methyl sites for hydroxylation is 2. The Morgan fingerprint density at radius 1 is 1.24 bits per heavy atom. The maximum absolute atomic E-state index is 11.8. The molecular formula is C14H21NOS. The zero-order chi connectivity index (χ0) is 13.1. The first-order valence-corrected chi connectivity index (χ1v) is 6.78. The minimum atomic E-state index is 0.0716. The Bertz CT molecular complexity index is 387. The first-order chi connectivity index (χ1) is 7.79. The van der Waals surface area contributed by atoms with E-state index in [9.17, 15) is 4.79 Å². The van der Waals surface area contributed by atoms with Crippen LogP contribution >= 0.6 is 11.8 Å². The SMILES string of the molecule is Cc1cccc(C)c1NC(=O)CSC(C)(C)C. The number of nitrogens with one attached hydrogen (secondary N) is 1. The molecule has 0 saturated heterocycles. The molecule has 0 aromatic heterocycles. The molecule has 0 aliphatic carbocycles. The lowest BCUT2D eigenvalue weighted by Gasteiger charge is -2.17. The van der Waals surface area contributed by atoms with Gasteiger partial charge in [0, 0.05) is 10.4 Å². The monoisotopic (exact) mass is 251 g/mol. The van der Waals surface area contributed by atoms with Gasteiger partial charge >= 0.3 is 0 Å². The lowest BCUT2D eigenvalue weighted by Crippen LogP contribution is -2.19. The van der Waals surface area contributed by atoms with Crippen LogP contribution in [0.2, 0.25) is 0 Å². The van der Waals surface area contributed by atoms with Gasteiger partial charge < -0.3 is 5.32 Å². The lowest BCUT2D eigenvalue weighted by molar-refractivity contribution is -0.113. The van der Waals surface area contributed by atoms with Gasteiger partial charge in [-0.05, 0) is 25.0 Å². The number of hydrogen-bond donors (Lipinski definition) is 1. The summed E-state index contributed by atoms with van der Waals surface area (Å²) in [6.45, 7) is 10.4. The molecule has 1 aromatic carbocycles. The zero-order valence-corrected chi connectivity index (χ0v) is 12.1. The van der Waals surface area contributed by atoms with Crippen LogP contribution < -0.4 is 5.32 Å². The molecule has 94 valence electrons. The summed E-state index contributed by atoms with van der Waals surface area (Å²) in [4.78, 5) is 11.8. The van der Waals surface area contributed by atoms with E-state index in [1.807, 2.05) is 32.0 Å². The first kappa shape index (κ1) is 14.1. The van der Waals surface area contributed by atoms with Gasteiger partial charge in [-0.1, -0.05) is 39.0 Å². The molecule has 0 aliphatic rings. The van der Waals surface area contributed by atoms with Crippen molar-refractivity contribution in [2.75, 3.05) is 11.1 Å². The van der Waals surface area contributed by atoms with E-state index in [1.165, 1.54) is 0 Å². The van der Waals surface area contributed by atoms with Crippen LogP contribution in [-0.2, 0) is 4.79 Å². The van der Waals surface area contributed by atoms with E-state index < -0.39 is 0 Å². The predicted molar refractivity (Wildman–Crippen MR) is 76.8 cm³/mol. The molecule has 0 heterocycles. The highest BCUT2D eigenvalue weighted by Crippen LogP contribution is 2.24. The second-order valence-corrected chi connectivity index (χ2v) is 7.02. The minimum absolute atomic E-state index is 0.0716. The average molecular weight is 251 g/mol. The Morgan fingerprint density at radius 2 is 1.76 bits per heavy atom. The predicted octanol–water partition coefficient (Wildman–Crippen LogP) is 3.77. The minimum Gasteiger partial charge on any atom is -0.325 e. The number of carbonyl (C=O) groups excluding carboxylic acids is 1. The second-order valence-electron chi connectivity index (χ2n) is 5.22. The summed E-state index contributed by atoms with van der Waals surface area (Å²) in [7, 11) is 0. The van der Waals surface area contributed by atoms with Crippen molar-refractivity contribution in [1.82, 2.24) is 0 Å². The molecule has 0 saturated carbocycles. The molecule has 1 amide bonds. The Balaban J connectivity index is 2.63. The van der Waals surface area contributed by atoms with Crippen molar-refractivity contribution in [2.45, 2.75) is 39.4 Å². The van der Waals surface area contributed by atoms with Crippen LogP contribution in [0.3, 0.4) is 0 Å². The van der Waals surface area contributed by atoms with Crippen LogP contribution in [0.1, 0.15) is 31.9 Å². The van der Waals surface area contributed by atoms with Gasteiger partial charge in [-0.15, -0.1) is 11.8 Å². The van der Waals surface area contributed by atoms with Crippen LogP contribution in [0.5, 0.6) is 0 Å². The summed E-state index contributed by atoms with van der Waals surface area (Å²) in [5.74, 6) is 0.569. The topological polar surface area (TPSA) is 29.1 Å². The molecule has 1 N–H and O–H groups in total. The van der Waals surface area contributed by atoms with Crippen LogP contribution in [0.4, 0.5) is 5.69 Å². The summed E-state index contributed by atoms with van der Waals surface area (Å²) in [6.07, 6.45) is 0. The fourth-order valence-corrected chi connectivity index (χ4v) is 2.11. The maximum atomic E-state index is 11.8. The molecule has 1 rings (SSSR count). The van der Waals surface area contributed by atoms with Crippen LogP contribution in [0.15, 0.2) is 18.2 Å².